The molecule has 2 aromatic rings. The van der Waals surface area contributed by atoms with Crippen molar-refractivity contribution in [1.29, 1.82) is 0 Å². The molecule has 0 fully saturated rings. The molecule has 5 heteroatoms. The zero-order chi connectivity index (χ0) is 12.5. The maximum atomic E-state index is 11.5. The van der Waals surface area contributed by atoms with E-state index in [1.165, 1.54) is 12.5 Å². The van der Waals surface area contributed by atoms with Gasteiger partial charge in [0.1, 0.15) is 0 Å². The predicted molar refractivity (Wildman–Crippen MR) is 65.6 cm³/mol. The second kappa shape index (κ2) is 4.33. The highest BCUT2D eigenvalue weighted by Gasteiger charge is 2.14. The van der Waals surface area contributed by atoms with E-state index in [0.29, 0.717) is 6.54 Å². The summed E-state index contributed by atoms with van der Waals surface area (Å²) in [7, 11) is -3.27. The predicted octanol–water partition coefficient (Wildman–Crippen LogP) is 1.64. The third kappa shape index (κ3) is 2.74. The van der Waals surface area contributed by atoms with E-state index in [2.05, 4.69) is 4.98 Å². The van der Waals surface area contributed by atoms with Gasteiger partial charge in [0.2, 0.25) is 15.0 Å². The molecular formula is C12H14N2O2S. The molecule has 1 aromatic heterocycles. The van der Waals surface area contributed by atoms with Crippen molar-refractivity contribution in [2.75, 3.05) is 6.26 Å². The smallest absolute Gasteiger partial charge is 0.227 e. The van der Waals surface area contributed by atoms with Crippen molar-refractivity contribution < 1.29 is 8.42 Å². The molecule has 0 unspecified atom stereocenters. The largest absolute Gasteiger partial charge is 0.318 e. The summed E-state index contributed by atoms with van der Waals surface area (Å²) in [6, 6.07) is 7.97. The van der Waals surface area contributed by atoms with Crippen LogP contribution in [0, 0.1) is 6.92 Å². The Morgan fingerprint density at radius 1 is 1.35 bits per heavy atom. The number of aromatic nitrogens is 2. The Morgan fingerprint density at radius 3 is 2.76 bits per heavy atom. The summed E-state index contributed by atoms with van der Waals surface area (Å²) < 4.78 is 24.6. The van der Waals surface area contributed by atoms with E-state index in [1.807, 2.05) is 31.2 Å². The summed E-state index contributed by atoms with van der Waals surface area (Å²) in [6.07, 6.45) is 4.35. The van der Waals surface area contributed by atoms with E-state index in [9.17, 15) is 8.42 Å². The van der Waals surface area contributed by atoms with Crippen LogP contribution in [0.5, 0.6) is 0 Å². The van der Waals surface area contributed by atoms with Crippen LogP contribution in [0.4, 0.5) is 0 Å². The first-order valence-electron chi connectivity index (χ1n) is 5.23. The third-order valence-corrected chi connectivity index (χ3v) is 3.45. The molecular weight excluding hydrogens is 236 g/mol. The van der Waals surface area contributed by atoms with Crippen LogP contribution >= 0.6 is 0 Å². The lowest BCUT2D eigenvalue weighted by Crippen LogP contribution is -2.09. The van der Waals surface area contributed by atoms with Crippen molar-refractivity contribution in [2.24, 2.45) is 0 Å². The Kier molecular flexibility index (Phi) is 3.02. The van der Waals surface area contributed by atoms with Gasteiger partial charge in [0.15, 0.2) is 0 Å². The van der Waals surface area contributed by atoms with Gasteiger partial charge in [-0.1, -0.05) is 29.8 Å². The average Bonchev–Trinajstić information content (AvgIpc) is 2.65. The van der Waals surface area contributed by atoms with Crippen molar-refractivity contribution in [3.63, 3.8) is 0 Å². The van der Waals surface area contributed by atoms with Crippen LogP contribution in [0.2, 0.25) is 0 Å². The fraction of sp³-hybridized carbons (Fsp3) is 0.250. The standard InChI is InChI=1S/C12H14N2O2S/c1-10-4-3-5-11(8-10)9-14-7-6-13-12(14)17(2,15)16/h3-8H,9H2,1-2H3. The number of hydrogen-bond acceptors (Lipinski definition) is 3. The Morgan fingerprint density at radius 2 is 2.12 bits per heavy atom. The molecule has 2 rings (SSSR count). The molecule has 0 saturated carbocycles. The van der Waals surface area contributed by atoms with Crippen LogP contribution in [0.25, 0.3) is 0 Å². The number of hydrogen-bond donors (Lipinski definition) is 0. The molecule has 0 saturated heterocycles. The molecule has 0 spiro atoms. The molecule has 4 nitrogen and oxygen atoms in total. The summed E-state index contributed by atoms with van der Waals surface area (Å²) in [5.41, 5.74) is 2.22. The lowest BCUT2D eigenvalue weighted by atomic mass is 10.1. The van der Waals surface area contributed by atoms with E-state index >= 15 is 0 Å². The van der Waals surface area contributed by atoms with Gasteiger partial charge in [0.05, 0.1) is 0 Å². The molecule has 0 amide bonds. The number of sulfone groups is 1. The SMILES string of the molecule is Cc1cccc(Cn2ccnc2S(C)(=O)=O)c1. The van der Waals surface area contributed by atoms with E-state index in [0.717, 1.165) is 11.1 Å². The number of nitrogens with zero attached hydrogens (tertiary/aromatic N) is 2. The van der Waals surface area contributed by atoms with Crippen molar-refractivity contribution in [3.05, 3.63) is 47.8 Å². The number of imidazole rings is 1. The van der Waals surface area contributed by atoms with Crippen molar-refractivity contribution in [3.8, 4) is 0 Å². The van der Waals surface area contributed by atoms with E-state index in [1.54, 1.807) is 10.8 Å². The molecule has 0 N–H and O–H groups in total. The van der Waals surface area contributed by atoms with Crippen LogP contribution in [0.15, 0.2) is 41.8 Å². The number of rotatable bonds is 3. The summed E-state index contributed by atoms with van der Waals surface area (Å²) in [6.45, 7) is 2.53. The zero-order valence-corrected chi connectivity index (χ0v) is 10.6. The normalized spacial score (nSPS) is 11.6. The highest BCUT2D eigenvalue weighted by molar-refractivity contribution is 7.90. The van der Waals surface area contributed by atoms with Crippen LogP contribution in [0.3, 0.4) is 0 Å². The summed E-state index contributed by atoms with van der Waals surface area (Å²) in [5.74, 6) is 0. The molecule has 0 aliphatic rings. The van der Waals surface area contributed by atoms with Crippen molar-refractivity contribution in [2.45, 2.75) is 18.6 Å². The van der Waals surface area contributed by atoms with Gasteiger partial charge < -0.3 is 4.57 Å². The van der Waals surface area contributed by atoms with E-state index in [4.69, 9.17) is 0 Å². The molecule has 0 radical (unpaired) electrons. The molecule has 0 bridgehead atoms. The molecule has 90 valence electrons. The van der Waals surface area contributed by atoms with Gasteiger partial charge in [-0.2, -0.15) is 0 Å². The first-order chi connectivity index (χ1) is 7.97. The first kappa shape index (κ1) is 11.9. The second-order valence-electron chi connectivity index (χ2n) is 4.10. The van der Waals surface area contributed by atoms with Crippen molar-refractivity contribution >= 4 is 9.84 Å². The van der Waals surface area contributed by atoms with Crippen molar-refractivity contribution in [1.82, 2.24) is 9.55 Å². The Labute approximate surface area is 101 Å². The Hall–Kier alpha value is -1.62. The quantitative estimate of drug-likeness (QED) is 0.832. The van der Waals surface area contributed by atoms with E-state index in [-0.39, 0.29) is 5.16 Å². The van der Waals surface area contributed by atoms with Crippen LogP contribution in [-0.4, -0.2) is 24.2 Å². The van der Waals surface area contributed by atoms with Gasteiger partial charge >= 0.3 is 0 Å². The van der Waals surface area contributed by atoms with Gasteiger partial charge in [-0.15, -0.1) is 0 Å². The topological polar surface area (TPSA) is 52.0 Å². The fourth-order valence-electron chi connectivity index (χ4n) is 1.75. The number of benzene rings is 1. The van der Waals surface area contributed by atoms with Crippen LogP contribution in [-0.2, 0) is 16.4 Å². The molecule has 0 atom stereocenters. The maximum absolute atomic E-state index is 11.5. The average molecular weight is 250 g/mol. The lowest BCUT2D eigenvalue weighted by Gasteiger charge is -2.07. The van der Waals surface area contributed by atoms with Gasteiger partial charge in [0.25, 0.3) is 0 Å². The summed E-state index contributed by atoms with van der Waals surface area (Å²) in [5, 5.41) is 0.110. The molecule has 0 aliphatic carbocycles. The molecule has 17 heavy (non-hydrogen) atoms. The first-order valence-corrected chi connectivity index (χ1v) is 7.13. The van der Waals surface area contributed by atoms with Crippen LogP contribution in [0.1, 0.15) is 11.1 Å². The minimum Gasteiger partial charge on any atom is -0.318 e. The monoisotopic (exact) mass is 250 g/mol. The molecule has 0 aliphatic heterocycles. The van der Waals surface area contributed by atoms with E-state index < -0.39 is 9.84 Å². The Balaban J connectivity index is 2.35. The number of aryl methyl sites for hydroxylation is 1. The van der Waals surface area contributed by atoms with Gasteiger partial charge in [-0.25, -0.2) is 13.4 Å². The minimum absolute atomic E-state index is 0.110. The van der Waals surface area contributed by atoms with Gasteiger partial charge in [0, 0.05) is 25.2 Å². The van der Waals surface area contributed by atoms with Gasteiger partial charge in [-0.3, -0.25) is 0 Å². The second-order valence-corrected chi connectivity index (χ2v) is 6.01. The fourth-order valence-corrected chi connectivity index (χ4v) is 2.56. The van der Waals surface area contributed by atoms with Crippen LogP contribution < -0.4 is 0 Å². The highest BCUT2D eigenvalue weighted by atomic mass is 32.2. The highest BCUT2D eigenvalue weighted by Crippen LogP contribution is 2.11. The molecule has 1 aromatic carbocycles. The Bertz CT molecular complexity index is 629. The summed E-state index contributed by atoms with van der Waals surface area (Å²) in [4.78, 5) is 3.88. The third-order valence-electron chi connectivity index (χ3n) is 2.44. The lowest BCUT2D eigenvalue weighted by molar-refractivity contribution is 0.578. The minimum atomic E-state index is -3.27. The maximum Gasteiger partial charge on any atom is 0.227 e. The van der Waals surface area contributed by atoms with Gasteiger partial charge in [-0.05, 0) is 12.5 Å². The zero-order valence-electron chi connectivity index (χ0n) is 9.79. The molecule has 1 heterocycles. The summed E-state index contributed by atoms with van der Waals surface area (Å²) >= 11 is 0.